The first-order valence-corrected chi connectivity index (χ1v) is 9.28. The minimum Gasteiger partial charge on any atom is -0.360 e. The maximum Gasteiger partial charge on any atom is 0.318 e. The number of rotatable bonds is 2. The first-order valence-electron chi connectivity index (χ1n) is 9.28. The number of nitrogens with zero attached hydrogens (tertiary/aromatic N) is 1. The number of H-pyrrole nitrogens is 1. The van der Waals surface area contributed by atoms with E-state index in [9.17, 15) is 14.4 Å². The summed E-state index contributed by atoms with van der Waals surface area (Å²) in [5.41, 5.74) is 4.23. The molecule has 0 bridgehead atoms. The molecule has 2 aliphatic carbocycles. The van der Waals surface area contributed by atoms with Gasteiger partial charge in [0.15, 0.2) is 0 Å². The number of para-hydroxylation sites is 1. The zero-order chi connectivity index (χ0) is 19.3. The zero-order valence-corrected chi connectivity index (χ0v) is 15.0. The van der Waals surface area contributed by atoms with Crippen LogP contribution in [0.25, 0.3) is 10.9 Å². The Morgan fingerprint density at radius 3 is 2.89 bits per heavy atom. The molecule has 2 aromatic rings. The summed E-state index contributed by atoms with van der Waals surface area (Å²) in [5.74, 6) is -1.52. The second kappa shape index (κ2) is 6.27. The lowest BCUT2D eigenvalue weighted by molar-refractivity contribution is -0.117. The number of benzene rings is 1. The third-order valence-corrected chi connectivity index (χ3v) is 5.52. The molecule has 28 heavy (non-hydrogen) atoms. The summed E-state index contributed by atoms with van der Waals surface area (Å²) in [6.07, 6.45) is 9.63. The van der Waals surface area contributed by atoms with Crippen LogP contribution in [0.1, 0.15) is 29.6 Å². The summed E-state index contributed by atoms with van der Waals surface area (Å²) in [7, 11) is 0. The molecule has 0 saturated carbocycles. The van der Waals surface area contributed by atoms with Crippen molar-refractivity contribution in [2.75, 3.05) is 0 Å². The number of fused-ring (bicyclic) bond motifs is 3. The number of allylic oxidation sites excluding steroid dienone is 3. The molecule has 2 heterocycles. The van der Waals surface area contributed by atoms with Crippen LogP contribution in [0.15, 0.2) is 70.5 Å². The highest BCUT2D eigenvalue weighted by Crippen LogP contribution is 2.39. The second-order valence-electron chi connectivity index (χ2n) is 7.17. The van der Waals surface area contributed by atoms with Gasteiger partial charge in [0.2, 0.25) is 0 Å². The van der Waals surface area contributed by atoms with E-state index in [-0.39, 0.29) is 11.8 Å². The van der Waals surface area contributed by atoms with E-state index in [2.05, 4.69) is 15.3 Å². The van der Waals surface area contributed by atoms with Crippen molar-refractivity contribution in [2.45, 2.75) is 19.3 Å². The van der Waals surface area contributed by atoms with Crippen LogP contribution in [0.2, 0.25) is 0 Å². The molecule has 2 amide bonds. The van der Waals surface area contributed by atoms with Gasteiger partial charge < -0.3 is 10.3 Å². The molecule has 1 aromatic carbocycles. The van der Waals surface area contributed by atoms with Gasteiger partial charge >= 0.3 is 5.91 Å². The van der Waals surface area contributed by atoms with Gasteiger partial charge in [-0.2, -0.15) is 0 Å². The van der Waals surface area contributed by atoms with Gasteiger partial charge in [-0.05, 0) is 43.1 Å². The van der Waals surface area contributed by atoms with Crippen molar-refractivity contribution in [3.8, 4) is 0 Å². The van der Waals surface area contributed by atoms with Crippen molar-refractivity contribution in [1.29, 1.82) is 0 Å². The lowest BCUT2D eigenvalue weighted by Crippen LogP contribution is -2.35. The summed E-state index contributed by atoms with van der Waals surface area (Å²) in [5, 5.41) is 3.60. The van der Waals surface area contributed by atoms with Crippen LogP contribution in [-0.4, -0.2) is 28.3 Å². The highest BCUT2D eigenvalue weighted by molar-refractivity contribution is 6.46. The normalized spacial score (nSPS) is 22.1. The standard InChI is InChI=1S/C22H17N3O3/c26-20(17-11-23-18-7-2-1-4-14(17)18)22(28)24-12-8-9-15-13-5-3-6-16(13)21(27)25-19(15)10-12/h1-2,4,7-11,15,23H,3,5-6H2,(H,25,27). The van der Waals surface area contributed by atoms with Gasteiger partial charge in [0, 0.05) is 34.3 Å². The molecule has 1 aliphatic heterocycles. The third-order valence-electron chi connectivity index (χ3n) is 5.52. The van der Waals surface area contributed by atoms with Gasteiger partial charge in [0.1, 0.15) is 0 Å². The number of Topliss-reactive ketones (excluding diaryl/α,β-unsaturated/α-hetero) is 1. The first kappa shape index (κ1) is 16.6. The number of aromatic amines is 1. The molecule has 1 aromatic heterocycles. The van der Waals surface area contributed by atoms with Gasteiger partial charge in [-0.1, -0.05) is 24.3 Å². The molecule has 0 fully saturated rings. The SMILES string of the molecule is O=C(N=C1C=CC2C(=C1)NC(=O)C1=C2CCC1)C(=O)c1c[nH]c2ccccc12. The van der Waals surface area contributed by atoms with Gasteiger partial charge in [-0.25, -0.2) is 4.99 Å². The molecule has 6 heteroatoms. The van der Waals surface area contributed by atoms with E-state index in [1.807, 2.05) is 24.3 Å². The lowest BCUT2D eigenvalue weighted by atomic mass is 9.85. The summed E-state index contributed by atoms with van der Waals surface area (Å²) in [6, 6.07) is 7.30. The van der Waals surface area contributed by atoms with Crippen LogP contribution in [0, 0.1) is 5.92 Å². The maximum atomic E-state index is 12.6. The first-order chi connectivity index (χ1) is 13.6. The van der Waals surface area contributed by atoms with E-state index < -0.39 is 11.7 Å². The number of aromatic nitrogens is 1. The van der Waals surface area contributed by atoms with Crippen molar-refractivity contribution in [1.82, 2.24) is 10.3 Å². The minimum atomic E-state index is -0.831. The molecule has 1 unspecified atom stereocenters. The Morgan fingerprint density at radius 2 is 2.00 bits per heavy atom. The molecule has 3 aliphatic rings. The van der Waals surface area contributed by atoms with Crippen molar-refractivity contribution < 1.29 is 14.4 Å². The Hall–Kier alpha value is -3.54. The molecular formula is C22H17N3O3. The van der Waals surface area contributed by atoms with E-state index in [4.69, 9.17) is 0 Å². The molecule has 5 rings (SSSR count). The van der Waals surface area contributed by atoms with Gasteiger partial charge in [-0.15, -0.1) is 0 Å². The highest BCUT2D eigenvalue weighted by atomic mass is 16.2. The summed E-state index contributed by atoms with van der Waals surface area (Å²) >= 11 is 0. The molecular weight excluding hydrogens is 354 g/mol. The van der Waals surface area contributed by atoms with Gasteiger partial charge in [-0.3, -0.25) is 14.4 Å². The van der Waals surface area contributed by atoms with Crippen LogP contribution < -0.4 is 5.32 Å². The highest BCUT2D eigenvalue weighted by Gasteiger charge is 2.34. The average Bonchev–Trinajstić information content (AvgIpc) is 3.35. The number of ketones is 1. The fourth-order valence-electron chi connectivity index (χ4n) is 4.20. The van der Waals surface area contributed by atoms with Crippen molar-refractivity contribution in [3.63, 3.8) is 0 Å². The van der Waals surface area contributed by atoms with E-state index in [1.165, 1.54) is 6.20 Å². The van der Waals surface area contributed by atoms with Gasteiger partial charge in [0.05, 0.1) is 11.3 Å². The number of nitrogens with one attached hydrogen (secondary N) is 2. The van der Waals surface area contributed by atoms with Crippen LogP contribution >= 0.6 is 0 Å². The van der Waals surface area contributed by atoms with Crippen molar-refractivity contribution >= 4 is 34.2 Å². The largest absolute Gasteiger partial charge is 0.360 e. The molecule has 0 radical (unpaired) electrons. The molecule has 2 N–H and O–H groups in total. The van der Waals surface area contributed by atoms with Crippen LogP contribution in [0.4, 0.5) is 0 Å². The van der Waals surface area contributed by atoms with E-state index in [0.29, 0.717) is 16.7 Å². The Bertz CT molecular complexity index is 1180. The zero-order valence-electron chi connectivity index (χ0n) is 15.0. The fraction of sp³-hybridized carbons (Fsp3) is 0.182. The number of amides is 2. The summed E-state index contributed by atoms with van der Waals surface area (Å²) in [4.78, 5) is 44.3. The smallest absolute Gasteiger partial charge is 0.318 e. The predicted octanol–water partition coefficient (Wildman–Crippen LogP) is 3.00. The summed E-state index contributed by atoms with van der Waals surface area (Å²) in [6.45, 7) is 0. The number of carbonyl (C=O) groups is 3. The van der Waals surface area contributed by atoms with Crippen LogP contribution in [0.5, 0.6) is 0 Å². The van der Waals surface area contributed by atoms with E-state index in [0.717, 1.165) is 41.6 Å². The summed E-state index contributed by atoms with van der Waals surface area (Å²) < 4.78 is 0. The Balaban J connectivity index is 1.43. The topological polar surface area (TPSA) is 91.4 Å². The maximum absolute atomic E-state index is 12.6. The van der Waals surface area contributed by atoms with Crippen molar-refractivity contribution in [2.24, 2.45) is 10.9 Å². The third kappa shape index (κ3) is 2.57. The van der Waals surface area contributed by atoms with Crippen LogP contribution in [0.3, 0.4) is 0 Å². The Labute approximate surface area is 160 Å². The number of hydrogen-bond acceptors (Lipinski definition) is 3. The van der Waals surface area contributed by atoms with E-state index in [1.54, 1.807) is 18.2 Å². The van der Waals surface area contributed by atoms with E-state index >= 15 is 0 Å². The quantitative estimate of drug-likeness (QED) is 0.628. The number of carbonyl (C=O) groups excluding carboxylic acids is 3. The van der Waals surface area contributed by atoms with Crippen molar-refractivity contribution in [3.05, 3.63) is 71.1 Å². The second-order valence-corrected chi connectivity index (χ2v) is 7.17. The Kier molecular flexibility index (Phi) is 3.72. The number of hydrogen-bond donors (Lipinski definition) is 2. The average molecular weight is 371 g/mol. The molecule has 0 spiro atoms. The molecule has 1 atom stereocenters. The number of aliphatic imine (C=N–C) groups is 1. The monoisotopic (exact) mass is 371 g/mol. The van der Waals surface area contributed by atoms with Crippen LogP contribution in [-0.2, 0) is 9.59 Å². The molecule has 138 valence electrons. The van der Waals surface area contributed by atoms with Gasteiger partial charge in [0.25, 0.3) is 11.7 Å². The fourth-order valence-corrected chi connectivity index (χ4v) is 4.20. The molecule has 6 nitrogen and oxygen atoms in total. The minimum absolute atomic E-state index is 0.0357. The predicted molar refractivity (Wildman–Crippen MR) is 105 cm³/mol. The lowest BCUT2D eigenvalue weighted by Gasteiger charge is -2.28. The molecule has 0 saturated heterocycles. The Morgan fingerprint density at radius 1 is 1.14 bits per heavy atom.